The van der Waals surface area contributed by atoms with Crippen molar-refractivity contribution in [1.29, 1.82) is 0 Å². The number of carbonyl (C=O) groups is 1. The molecule has 2 aromatic carbocycles. The molecule has 0 aliphatic heterocycles. The molecule has 0 aliphatic rings. The molecular formula is C20H16NO4-. The normalized spacial score (nSPS) is 11.1. The van der Waals surface area contributed by atoms with Crippen LogP contribution in [0.4, 0.5) is 0 Å². The molecule has 1 heterocycles. The molecule has 3 aromatic rings. The first-order valence-electron chi connectivity index (χ1n) is 7.83. The molecule has 0 atom stereocenters. The molecule has 1 aromatic heterocycles. The maximum Gasteiger partial charge on any atom is 0.336 e. The summed E-state index contributed by atoms with van der Waals surface area (Å²) in [6.45, 7) is 2.23. The van der Waals surface area contributed by atoms with Crippen molar-refractivity contribution in [3.05, 3.63) is 65.4 Å². The maximum atomic E-state index is 11.7. The molecule has 25 heavy (non-hydrogen) atoms. The lowest BCUT2D eigenvalue weighted by Crippen LogP contribution is -2.00. The average molecular weight is 334 g/mol. The Hall–Kier alpha value is -3.34. The van der Waals surface area contributed by atoms with Gasteiger partial charge in [0.2, 0.25) is 0 Å². The summed E-state index contributed by atoms with van der Waals surface area (Å²) in [5, 5.41) is 21.7. The molecule has 0 radical (unpaired) electrons. The Kier molecular flexibility index (Phi) is 4.66. The van der Waals surface area contributed by atoms with Gasteiger partial charge in [-0.3, -0.25) is 0 Å². The molecule has 0 bridgehead atoms. The number of benzene rings is 2. The molecule has 0 unspecified atom stereocenters. The highest BCUT2D eigenvalue weighted by Gasteiger charge is 2.10. The zero-order valence-electron chi connectivity index (χ0n) is 13.6. The Balaban J connectivity index is 1.99. The van der Waals surface area contributed by atoms with Gasteiger partial charge < -0.3 is 14.9 Å². The van der Waals surface area contributed by atoms with E-state index in [1.165, 1.54) is 12.1 Å². The van der Waals surface area contributed by atoms with E-state index in [0.29, 0.717) is 29.0 Å². The van der Waals surface area contributed by atoms with Gasteiger partial charge in [0.1, 0.15) is 5.75 Å². The van der Waals surface area contributed by atoms with Crippen molar-refractivity contribution in [3.63, 3.8) is 0 Å². The van der Waals surface area contributed by atoms with Gasteiger partial charge in [-0.1, -0.05) is 42.2 Å². The third-order valence-electron chi connectivity index (χ3n) is 3.68. The highest BCUT2D eigenvalue weighted by molar-refractivity contribution is 6.03. The van der Waals surface area contributed by atoms with Crippen LogP contribution in [-0.2, 0) is 0 Å². The van der Waals surface area contributed by atoms with Crippen LogP contribution in [0.1, 0.15) is 28.5 Å². The van der Waals surface area contributed by atoms with Crippen LogP contribution in [-0.4, -0.2) is 22.7 Å². The van der Waals surface area contributed by atoms with Crippen molar-refractivity contribution in [2.45, 2.75) is 6.92 Å². The van der Waals surface area contributed by atoms with Gasteiger partial charge >= 0.3 is 5.97 Å². The molecule has 1 N–H and O–H groups in total. The van der Waals surface area contributed by atoms with Crippen LogP contribution in [0.5, 0.6) is 11.5 Å². The van der Waals surface area contributed by atoms with Gasteiger partial charge in [-0.2, -0.15) is 0 Å². The standard InChI is InChI=1S/C20H17NO4/c1-2-25-19-11-13(8-10-18(19)22)7-9-14-12-16(20(23)24)15-5-3-4-6-17(15)21-14/h3-12,22H,2H2,1H3,(H,23,24)/p-1/b9-7+. The lowest BCUT2D eigenvalue weighted by Gasteiger charge is -2.13. The molecule has 0 spiro atoms. The zero-order valence-corrected chi connectivity index (χ0v) is 13.6. The van der Waals surface area contributed by atoms with E-state index >= 15 is 0 Å². The molecule has 0 amide bonds. The Bertz CT molecular complexity index is 963. The second kappa shape index (κ2) is 7.05. The number of ether oxygens (including phenoxy) is 1. The van der Waals surface area contributed by atoms with Gasteiger partial charge in [-0.05, 0) is 36.8 Å². The fraction of sp³-hybridized carbons (Fsp3) is 0.100. The summed E-state index contributed by atoms with van der Waals surface area (Å²) < 4.78 is 5.30. The number of aromatic nitrogens is 1. The molecule has 3 rings (SSSR count). The van der Waals surface area contributed by atoms with E-state index in [1.807, 2.05) is 13.0 Å². The Labute approximate surface area is 144 Å². The van der Waals surface area contributed by atoms with E-state index in [4.69, 9.17) is 4.74 Å². The minimum atomic E-state index is -0.998. The van der Waals surface area contributed by atoms with Crippen LogP contribution in [0, 0.1) is 0 Å². The molecule has 0 fully saturated rings. The topological polar surface area (TPSA) is 82.5 Å². The van der Waals surface area contributed by atoms with Gasteiger partial charge in [-0.25, -0.2) is 9.78 Å². The van der Waals surface area contributed by atoms with Gasteiger partial charge in [0.25, 0.3) is 0 Å². The van der Waals surface area contributed by atoms with E-state index < -0.39 is 5.97 Å². The molecule has 0 aliphatic carbocycles. The second-order valence-corrected chi connectivity index (χ2v) is 5.39. The van der Waals surface area contributed by atoms with Gasteiger partial charge in [0, 0.05) is 5.39 Å². The van der Waals surface area contributed by atoms with E-state index in [9.17, 15) is 15.0 Å². The first kappa shape index (κ1) is 16.5. The summed E-state index contributed by atoms with van der Waals surface area (Å²) in [5.74, 6) is -0.874. The first-order valence-corrected chi connectivity index (χ1v) is 7.83. The van der Waals surface area contributed by atoms with Crippen molar-refractivity contribution in [3.8, 4) is 11.5 Å². The van der Waals surface area contributed by atoms with Crippen LogP contribution < -0.4 is 9.84 Å². The summed E-state index contributed by atoms with van der Waals surface area (Å²) in [7, 11) is 0. The predicted molar refractivity (Wildman–Crippen MR) is 94.7 cm³/mol. The van der Waals surface area contributed by atoms with Crippen LogP contribution in [0.15, 0.2) is 48.5 Å². The molecule has 5 heteroatoms. The number of carboxylic acids is 1. The Morgan fingerprint density at radius 3 is 2.76 bits per heavy atom. The van der Waals surface area contributed by atoms with E-state index in [2.05, 4.69) is 4.98 Å². The third kappa shape index (κ3) is 3.61. The number of nitrogens with zero attached hydrogens (tertiary/aromatic N) is 1. The second-order valence-electron chi connectivity index (χ2n) is 5.39. The van der Waals surface area contributed by atoms with Crippen molar-refractivity contribution in [2.75, 3.05) is 6.61 Å². The number of para-hydroxylation sites is 1. The van der Waals surface area contributed by atoms with Crippen LogP contribution in [0.2, 0.25) is 0 Å². The van der Waals surface area contributed by atoms with Crippen LogP contribution in [0.25, 0.3) is 23.1 Å². The molecule has 0 saturated carbocycles. The quantitative estimate of drug-likeness (QED) is 0.771. The third-order valence-corrected chi connectivity index (χ3v) is 3.68. The monoisotopic (exact) mass is 334 g/mol. The molecule has 5 nitrogen and oxygen atoms in total. The lowest BCUT2D eigenvalue weighted by molar-refractivity contribution is -0.270. The average Bonchev–Trinajstić information content (AvgIpc) is 2.61. The highest BCUT2D eigenvalue weighted by Crippen LogP contribution is 2.25. The lowest BCUT2D eigenvalue weighted by atomic mass is 10.1. The van der Waals surface area contributed by atoms with Crippen molar-refractivity contribution in [2.24, 2.45) is 0 Å². The summed E-state index contributed by atoms with van der Waals surface area (Å²) in [5.41, 5.74) is 2.12. The summed E-state index contributed by atoms with van der Waals surface area (Å²) in [4.78, 5) is 16.0. The van der Waals surface area contributed by atoms with Crippen LogP contribution in [0.3, 0.4) is 0 Å². The van der Waals surface area contributed by atoms with Gasteiger partial charge in [0.05, 0.1) is 23.4 Å². The fourth-order valence-electron chi connectivity index (χ4n) is 2.54. The smallest absolute Gasteiger partial charge is 0.336 e. The number of pyridine rings is 1. The minimum Gasteiger partial charge on any atom is -0.870 e. The number of fused-ring (bicyclic) bond motifs is 1. The summed E-state index contributed by atoms with van der Waals surface area (Å²) in [6, 6.07) is 13.4. The van der Waals surface area contributed by atoms with E-state index in [0.717, 1.165) is 5.56 Å². The number of rotatable bonds is 5. The number of hydrogen-bond donors (Lipinski definition) is 1. The Morgan fingerprint density at radius 1 is 1.20 bits per heavy atom. The molecular weight excluding hydrogens is 318 g/mol. The largest absolute Gasteiger partial charge is 0.870 e. The van der Waals surface area contributed by atoms with Crippen LogP contribution >= 0.6 is 0 Å². The van der Waals surface area contributed by atoms with Crippen molar-refractivity contribution in [1.82, 2.24) is 4.98 Å². The SMILES string of the molecule is CCOc1cc(/C=C/c2cc(C(=O)O)c3ccccc3n2)ccc1[O-]. The van der Waals surface area contributed by atoms with Gasteiger partial charge in [-0.15, -0.1) is 0 Å². The molecule has 126 valence electrons. The number of hydrogen-bond acceptors (Lipinski definition) is 4. The van der Waals surface area contributed by atoms with Crippen molar-refractivity contribution >= 4 is 29.0 Å². The van der Waals surface area contributed by atoms with Crippen molar-refractivity contribution < 1.29 is 19.7 Å². The number of carboxylic acid groups (broad SMARTS) is 1. The van der Waals surface area contributed by atoms with Gasteiger partial charge in [0.15, 0.2) is 0 Å². The first-order chi connectivity index (χ1) is 12.1. The van der Waals surface area contributed by atoms with E-state index in [1.54, 1.807) is 42.5 Å². The highest BCUT2D eigenvalue weighted by atomic mass is 16.5. The predicted octanol–water partition coefficient (Wildman–Crippen LogP) is 3.58. The molecule has 0 saturated heterocycles. The fourth-order valence-corrected chi connectivity index (χ4v) is 2.54. The summed E-state index contributed by atoms with van der Waals surface area (Å²) >= 11 is 0. The zero-order chi connectivity index (χ0) is 17.8. The summed E-state index contributed by atoms with van der Waals surface area (Å²) in [6.07, 6.45) is 3.49. The number of aromatic carboxylic acids is 1. The minimum absolute atomic E-state index is 0.170. The van der Waals surface area contributed by atoms with E-state index in [-0.39, 0.29) is 11.3 Å². The Morgan fingerprint density at radius 2 is 2.00 bits per heavy atom. The maximum absolute atomic E-state index is 11.7.